The summed E-state index contributed by atoms with van der Waals surface area (Å²) in [7, 11) is 5.22. The van der Waals surface area contributed by atoms with Crippen LogP contribution in [-0.2, 0) is 12.8 Å². The lowest BCUT2D eigenvalue weighted by atomic mass is 10.2. The predicted molar refractivity (Wildman–Crippen MR) is 167 cm³/mol. The summed E-state index contributed by atoms with van der Waals surface area (Å²) in [6.07, 6.45) is -0.0922. The lowest BCUT2D eigenvalue weighted by Crippen LogP contribution is -2.21. The average Bonchev–Trinajstić information content (AvgIpc) is 3.01. The lowest BCUT2D eigenvalue weighted by molar-refractivity contribution is -0.137. The summed E-state index contributed by atoms with van der Waals surface area (Å²) in [5.41, 5.74) is 1.04. The molecular formula is C32H35F3N6O5. The Kier molecular flexibility index (Phi) is 11.2. The highest BCUT2D eigenvalue weighted by molar-refractivity contribution is 6.00. The van der Waals surface area contributed by atoms with Crippen LogP contribution in [0, 0.1) is 6.92 Å². The van der Waals surface area contributed by atoms with Crippen LogP contribution in [-0.4, -0.2) is 66.8 Å². The summed E-state index contributed by atoms with van der Waals surface area (Å²) in [4.78, 5) is 27.6. The number of alkyl halides is 3. The number of carbonyl (C=O) groups excluding carboxylic acids is 1. The first-order chi connectivity index (χ1) is 21.9. The zero-order valence-corrected chi connectivity index (χ0v) is 26.1. The molecule has 0 fully saturated rings. The molecule has 2 heterocycles. The molecule has 0 aliphatic heterocycles. The number of ether oxygens (including phenoxy) is 4. The molecule has 0 bridgehead atoms. The van der Waals surface area contributed by atoms with E-state index in [1.165, 1.54) is 12.3 Å². The average molecular weight is 641 g/mol. The van der Waals surface area contributed by atoms with Gasteiger partial charge in [-0.15, -0.1) is 0 Å². The molecule has 2 N–H and O–H groups in total. The number of amides is 2. The number of methoxy groups -OCH3 is 1. The van der Waals surface area contributed by atoms with Crippen LogP contribution in [0.4, 0.5) is 29.3 Å². The van der Waals surface area contributed by atoms with Crippen molar-refractivity contribution in [2.75, 3.05) is 51.6 Å². The van der Waals surface area contributed by atoms with E-state index < -0.39 is 17.8 Å². The van der Waals surface area contributed by atoms with E-state index in [0.717, 1.165) is 17.7 Å². The van der Waals surface area contributed by atoms with Crippen molar-refractivity contribution >= 4 is 17.4 Å². The fourth-order valence-corrected chi connectivity index (χ4v) is 4.13. The number of hydrogen-bond acceptors (Lipinski definition) is 9. The minimum atomic E-state index is -4.63. The van der Waals surface area contributed by atoms with Gasteiger partial charge in [-0.1, -0.05) is 0 Å². The number of rotatable bonds is 13. The number of anilines is 2. The fraction of sp³-hybridized carbons (Fsp3) is 0.312. The maximum absolute atomic E-state index is 13.5. The first kappa shape index (κ1) is 33.8. The largest absolute Gasteiger partial charge is 0.497 e. The molecule has 0 radical (unpaired) electrons. The van der Waals surface area contributed by atoms with Gasteiger partial charge in [0.05, 0.1) is 43.1 Å². The summed E-state index contributed by atoms with van der Waals surface area (Å²) >= 11 is 0. The van der Waals surface area contributed by atoms with E-state index in [4.69, 9.17) is 18.9 Å². The third kappa shape index (κ3) is 9.44. The number of nitrogens with zero attached hydrogens (tertiary/aromatic N) is 4. The second kappa shape index (κ2) is 15.3. The number of urea groups is 1. The number of aromatic nitrogens is 3. The Balaban J connectivity index is 1.43. The van der Waals surface area contributed by atoms with Crippen molar-refractivity contribution in [3.63, 3.8) is 0 Å². The topological polar surface area (TPSA) is 120 Å². The first-order valence-corrected chi connectivity index (χ1v) is 14.2. The molecule has 0 aliphatic carbocycles. The monoisotopic (exact) mass is 640 g/mol. The molecule has 0 spiro atoms. The zero-order chi connectivity index (χ0) is 33.3. The van der Waals surface area contributed by atoms with Crippen LogP contribution >= 0.6 is 0 Å². The molecule has 0 atom stereocenters. The lowest BCUT2D eigenvalue weighted by Gasteiger charge is -2.16. The molecule has 0 aliphatic rings. The quantitative estimate of drug-likeness (QED) is 0.170. The van der Waals surface area contributed by atoms with Crippen LogP contribution in [0.2, 0.25) is 0 Å². The van der Waals surface area contributed by atoms with Crippen LogP contribution in [0.25, 0.3) is 11.4 Å². The van der Waals surface area contributed by atoms with Crippen LogP contribution < -0.4 is 29.6 Å². The van der Waals surface area contributed by atoms with Gasteiger partial charge in [0.1, 0.15) is 36.2 Å². The molecule has 244 valence electrons. The second-order valence-electron chi connectivity index (χ2n) is 10.3. The Morgan fingerprint density at radius 2 is 1.74 bits per heavy atom. The van der Waals surface area contributed by atoms with Gasteiger partial charge in [-0.3, -0.25) is 4.98 Å². The van der Waals surface area contributed by atoms with Gasteiger partial charge < -0.3 is 34.5 Å². The van der Waals surface area contributed by atoms with E-state index in [9.17, 15) is 18.0 Å². The fourth-order valence-electron chi connectivity index (χ4n) is 4.13. The van der Waals surface area contributed by atoms with Crippen molar-refractivity contribution in [2.24, 2.45) is 0 Å². The van der Waals surface area contributed by atoms with Crippen molar-refractivity contribution in [3.8, 4) is 34.4 Å². The van der Waals surface area contributed by atoms with Gasteiger partial charge in [-0.2, -0.15) is 13.2 Å². The molecular weight excluding hydrogens is 605 g/mol. The molecule has 0 saturated carbocycles. The van der Waals surface area contributed by atoms with Gasteiger partial charge in [-0.25, -0.2) is 14.8 Å². The molecule has 0 saturated heterocycles. The number of carbonyl (C=O) groups is 1. The van der Waals surface area contributed by atoms with E-state index >= 15 is 0 Å². The van der Waals surface area contributed by atoms with Gasteiger partial charge in [0.15, 0.2) is 5.82 Å². The van der Waals surface area contributed by atoms with Crippen LogP contribution in [0.1, 0.15) is 23.7 Å². The predicted octanol–water partition coefficient (Wildman–Crippen LogP) is 6.44. The summed E-state index contributed by atoms with van der Waals surface area (Å²) in [6, 6.07) is 9.48. The number of halogens is 3. The Bertz CT molecular complexity index is 1650. The van der Waals surface area contributed by atoms with Gasteiger partial charge in [0, 0.05) is 41.7 Å². The number of nitrogens with one attached hydrogen (secondary N) is 2. The Labute approximate surface area is 264 Å². The molecule has 2 aromatic carbocycles. The molecule has 46 heavy (non-hydrogen) atoms. The van der Waals surface area contributed by atoms with Crippen LogP contribution in [0.5, 0.6) is 23.0 Å². The van der Waals surface area contributed by atoms with E-state index in [1.807, 2.05) is 38.1 Å². The molecule has 4 aromatic rings. The number of benzene rings is 2. The smallest absolute Gasteiger partial charge is 0.416 e. The van der Waals surface area contributed by atoms with Gasteiger partial charge in [-0.05, 0) is 58.3 Å². The van der Waals surface area contributed by atoms with Crippen molar-refractivity contribution in [1.29, 1.82) is 0 Å². The summed E-state index contributed by atoms with van der Waals surface area (Å²) in [6.45, 7) is 4.93. The van der Waals surface area contributed by atoms with Gasteiger partial charge >= 0.3 is 12.2 Å². The van der Waals surface area contributed by atoms with Gasteiger partial charge in [0.25, 0.3) is 0 Å². The summed E-state index contributed by atoms with van der Waals surface area (Å²) < 4.78 is 62.9. The van der Waals surface area contributed by atoms with Crippen molar-refractivity contribution in [3.05, 3.63) is 77.9 Å². The third-order valence-corrected chi connectivity index (χ3v) is 6.47. The van der Waals surface area contributed by atoms with E-state index in [2.05, 4.69) is 25.6 Å². The molecule has 2 aromatic heterocycles. The zero-order valence-electron chi connectivity index (χ0n) is 26.1. The highest BCUT2D eigenvalue weighted by Gasteiger charge is 2.31. The Morgan fingerprint density at radius 1 is 0.935 bits per heavy atom. The highest BCUT2D eigenvalue weighted by atomic mass is 19.4. The molecule has 2 amide bonds. The van der Waals surface area contributed by atoms with Gasteiger partial charge in [0.2, 0.25) is 0 Å². The maximum Gasteiger partial charge on any atom is 0.416 e. The van der Waals surface area contributed by atoms with Crippen LogP contribution in [0.15, 0.2) is 61.1 Å². The maximum atomic E-state index is 13.5. The molecule has 0 unspecified atom stereocenters. The second-order valence-corrected chi connectivity index (χ2v) is 10.3. The van der Waals surface area contributed by atoms with Crippen molar-refractivity contribution in [2.45, 2.75) is 26.6 Å². The molecule has 4 rings (SSSR count). The number of pyridine rings is 1. The summed E-state index contributed by atoms with van der Waals surface area (Å²) in [5, 5.41) is 5.01. The molecule has 14 heteroatoms. The third-order valence-electron chi connectivity index (χ3n) is 6.47. The Morgan fingerprint density at radius 3 is 2.43 bits per heavy atom. The van der Waals surface area contributed by atoms with E-state index in [1.54, 1.807) is 38.6 Å². The minimum absolute atomic E-state index is 0.0191. The minimum Gasteiger partial charge on any atom is -0.497 e. The normalized spacial score (nSPS) is 11.2. The Hall–Kier alpha value is -5.11. The first-order valence-electron chi connectivity index (χ1n) is 14.2. The van der Waals surface area contributed by atoms with E-state index in [0.29, 0.717) is 47.5 Å². The van der Waals surface area contributed by atoms with Crippen molar-refractivity contribution in [1.82, 2.24) is 19.9 Å². The highest BCUT2D eigenvalue weighted by Crippen LogP contribution is 2.34. The number of aryl methyl sites for hydroxylation is 1. The standard InChI is InChI=1S/C32H35F3N6O5/c1-6-44-29-15-25(43-5)8-7-21(29)19-46-27-11-22(16-36-17-27)30-37-18-28(20(2)38-30)40-31(42)39-24-12-23(32(33,34)35)13-26(14-24)45-10-9-41(3)4/h7-8,11-18H,6,9-10,19H2,1-5H3,(H2,39,40,42). The van der Waals surface area contributed by atoms with E-state index in [-0.39, 0.29) is 30.3 Å². The van der Waals surface area contributed by atoms with Crippen LogP contribution in [0.3, 0.4) is 0 Å². The number of likely N-dealkylation sites (N-methyl/N-ethyl adjacent to an activating group) is 1. The summed E-state index contributed by atoms with van der Waals surface area (Å²) in [5.74, 6) is 2.11. The molecule has 11 nitrogen and oxygen atoms in total. The van der Waals surface area contributed by atoms with Crippen molar-refractivity contribution < 1.29 is 36.9 Å². The number of hydrogen-bond donors (Lipinski definition) is 2. The SMILES string of the molecule is CCOc1cc(OC)ccc1COc1cncc(-c2ncc(NC(=O)Nc3cc(OCCN(C)C)cc(C(F)(F)F)c3)c(C)n2)c1.